The molecule has 3 aromatic carbocycles. The summed E-state index contributed by atoms with van der Waals surface area (Å²) in [7, 11) is 0. The van der Waals surface area contributed by atoms with Crippen LogP contribution in [0.15, 0.2) is 103 Å². The van der Waals surface area contributed by atoms with Crippen LogP contribution in [0.5, 0.6) is 11.5 Å². The second kappa shape index (κ2) is 9.57. The lowest BCUT2D eigenvalue weighted by Gasteiger charge is -2.23. The van der Waals surface area contributed by atoms with Gasteiger partial charge in [0.25, 0.3) is 0 Å². The van der Waals surface area contributed by atoms with Gasteiger partial charge >= 0.3 is 0 Å². The smallest absolute Gasteiger partial charge is 0.229 e. The molecule has 160 valence electrons. The van der Waals surface area contributed by atoms with Gasteiger partial charge in [-0.2, -0.15) is 0 Å². The van der Waals surface area contributed by atoms with Gasteiger partial charge in [0, 0.05) is 6.20 Å². The van der Waals surface area contributed by atoms with Gasteiger partial charge in [-0.05, 0) is 59.2 Å². The number of amides is 1. The maximum atomic E-state index is 12.6. The molecule has 0 saturated carbocycles. The molecule has 1 aliphatic rings. The van der Waals surface area contributed by atoms with Crippen LogP contribution in [0.25, 0.3) is 11.8 Å². The summed E-state index contributed by atoms with van der Waals surface area (Å²) in [4.78, 5) is 12.6. The highest BCUT2D eigenvalue weighted by molar-refractivity contribution is 5.81. The highest BCUT2D eigenvalue weighted by atomic mass is 16.3. The van der Waals surface area contributed by atoms with Crippen molar-refractivity contribution in [2.24, 2.45) is 0 Å². The normalized spacial score (nSPS) is 13.3. The predicted octanol–water partition coefficient (Wildman–Crippen LogP) is 3.83. The summed E-state index contributed by atoms with van der Waals surface area (Å²) in [6.07, 6.45) is 5.79. The van der Waals surface area contributed by atoms with E-state index in [4.69, 9.17) is 0 Å². The van der Waals surface area contributed by atoms with Gasteiger partial charge in [0.1, 0.15) is 17.3 Å². The van der Waals surface area contributed by atoms with E-state index in [1.165, 1.54) is 0 Å². The molecule has 0 atom stereocenters. The summed E-state index contributed by atoms with van der Waals surface area (Å²) in [6, 6.07) is 23.3. The molecule has 6 nitrogen and oxygen atoms in total. The van der Waals surface area contributed by atoms with Gasteiger partial charge in [-0.25, -0.2) is 0 Å². The molecule has 1 amide bonds. The minimum Gasteiger partial charge on any atom is -0.508 e. The summed E-state index contributed by atoms with van der Waals surface area (Å²) >= 11 is 0. The first-order chi connectivity index (χ1) is 15.6. The first-order valence-corrected chi connectivity index (χ1v) is 10.1. The van der Waals surface area contributed by atoms with Gasteiger partial charge in [0.2, 0.25) is 5.91 Å². The number of hydrogen-bond acceptors (Lipinski definition) is 5. The Kier molecular flexibility index (Phi) is 6.22. The molecule has 0 spiro atoms. The van der Waals surface area contributed by atoms with E-state index in [0.29, 0.717) is 11.5 Å². The van der Waals surface area contributed by atoms with E-state index in [0.717, 1.165) is 22.4 Å². The summed E-state index contributed by atoms with van der Waals surface area (Å²) in [5.74, 6) is 0.700. The molecular formula is C26H23N3O3. The van der Waals surface area contributed by atoms with Crippen molar-refractivity contribution >= 4 is 17.7 Å². The van der Waals surface area contributed by atoms with Crippen LogP contribution in [-0.4, -0.2) is 16.1 Å². The van der Waals surface area contributed by atoms with Crippen molar-refractivity contribution in [2.45, 2.75) is 6.42 Å². The van der Waals surface area contributed by atoms with E-state index in [1.54, 1.807) is 42.6 Å². The number of rotatable bonds is 6. The number of nitrogens with one attached hydrogen (secondary N) is 3. The summed E-state index contributed by atoms with van der Waals surface area (Å²) in [5, 5.41) is 28.4. The number of carbonyl (C=O) groups excluding carboxylic acids is 1. The third-order valence-corrected chi connectivity index (χ3v) is 4.89. The molecule has 3 aromatic rings. The van der Waals surface area contributed by atoms with Gasteiger partial charge in [0.05, 0.1) is 17.8 Å². The zero-order valence-electron chi connectivity index (χ0n) is 17.2. The highest BCUT2D eigenvalue weighted by Gasteiger charge is 2.16. The number of phenols is 2. The summed E-state index contributed by atoms with van der Waals surface area (Å²) in [6.45, 7) is 0. The molecule has 6 heteroatoms. The molecule has 4 rings (SSSR count). The fraction of sp³-hybridized carbons (Fsp3) is 0.0385. The van der Waals surface area contributed by atoms with Crippen LogP contribution in [0, 0.1) is 0 Å². The maximum Gasteiger partial charge on any atom is 0.229 e. The quantitative estimate of drug-likeness (QED) is 0.414. The highest BCUT2D eigenvalue weighted by Crippen LogP contribution is 2.20. The number of benzene rings is 3. The Morgan fingerprint density at radius 3 is 2.19 bits per heavy atom. The van der Waals surface area contributed by atoms with Crippen molar-refractivity contribution in [3.8, 4) is 11.5 Å². The van der Waals surface area contributed by atoms with Crippen molar-refractivity contribution in [2.75, 3.05) is 0 Å². The SMILES string of the molecule is O=C(Cc1ccc(O)cc1)NC1=C(/C=C\c2ccccc2)NC(c2ccc(O)cc2)=CN1. The van der Waals surface area contributed by atoms with Gasteiger partial charge in [-0.15, -0.1) is 0 Å². The fourth-order valence-corrected chi connectivity index (χ4v) is 3.22. The standard InChI is InChI=1S/C26H23N3O3/c30-21-11-6-19(7-12-21)16-25(32)29-26-23(15-8-18-4-2-1-3-5-18)28-24(17-27-26)20-9-13-22(31)14-10-20/h1-15,17,27-28,30-31H,16H2,(H,29,32)/b15-8-. The van der Waals surface area contributed by atoms with Crippen LogP contribution < -0.4 is 16.0 Å². The van der Waals surface area contributed by atoms with E-state index in [1.807, 2.05) is 54.6 Å². The molecule has 1 heterocycles. The zero-order valence-corrected chi connectivity index (χ0v) is 17.2. The number of phenolic OH excluding ortho intramolecular Hbond substituents is 2. The largest absolute Gasteiger partial charge is 0.508 e. The van der Waals surface area contributed by atoms with Crippen molar-refractivity contribution in [1.82, 2.24) is 16.0 Å². The summed E-state index contributed by atoms with van der Waals surface area (Å²) in [5.41, 5.74) is 4.20. The number of hydrogen-bond donors (Lipinski definition) is 5. The minimum atomic E-state index is -0.188. The lowest BCUT2D eigenvalue weighted by molar-refractivity contribution is -0.119. The van der Waals surface area contributed by atoms with Crippen LogP contribution >= 0.6 is 0 Å². The first kappa shape index (κ1) is 20.8. The molecular weight excluding hydrogens is 402 g/mol. The van der Waals surface area contributed by atoms with Gasteiger partial charge in [0.15, 0.2) is 0 Å². The van der Waals surface area contributed by atoms with E-state index < -0.39 is 0 Å². The molecule has 0 saturated heterocycles. The van der Waals surface area contributed by atoms with E-state index in [2.05, 4.69) is 16.0 Å². The van der Waals surface area contributed by atoms with Gasteiger partial charge < -0.3 is 26.2 Å². The molecule has 32 heavy (non-hydrogen) atoms. The van der Waals surface area contributed by atoms with Crippen molar-refractivity contribution in [1.29, 1.82) is 0 Å². The minimum absolute atomic E-state index is 0.162. The Hall–Kier alpha value is -4.45. The van der Waals surface area contributed by atoms with E-state index >= 15 is 0 Å². The predicted molar refractivity (Wildman–Crippen MR) is 125 cm³/mol. The number of carbonyl (C=O) groups is 1. The zero-order chi connectivity index (χ0) is 22.3. The molecule has 0 unspecified atom stereocenters. The fourth-order valence-electron chi connectivity index (χ4n) is 3.22. The molecule has 0 aromatic heterocycles. The van der Waals surface area contributed by atoms with Crippen LogP contribution in [0.3, 0.4) is 0 Å². The first-order valence-electron chi connectivity index (χ1n) is 10.1. The van der Waals surface area contributed by atoms with Crippen molar-refractivity contribution in [3.63, 3.8) is 0 Å². The van der Waals surface area contributed by atoms with E-state index in [-0.39, 0.29) is 23.8 Å². The number of aromatic hydroxyl groups is 2. The van der Waals surface area contributed by atoms with Crippen LogP contribution in [0.4, 0.5) is 0 Å². The Morgan fingerprint density at radius 1 is 0.844 bits per heavy atom. The Morgan fingerprint density at radius 2 is 1.50 bits per heavy atom. The Balaban J connectivity index is 1.55. The second-order valence-electron chi connectivity index (χ2n) is 7.30. The van der Waals surface area contributed by atoms with Crippen molar-refractivity contribution in [3.05, 3.63) is 119 Å². The van der Waals surface area contributed by atoms with Crippen LogP contribution in [0.2, 0.25) is 0 Å². The maximum absolute atomic E-state index is 12.6. The van der Waals surface area contributed by atoms with Gasteiger partial charge in [-0.3, -0.25) is 4.79 Å². The third-order valence-electron chi connectivity index (χ3n) is 4.89. The van der Waals surface area contributed by atoms with E-state index in [9.17, 15) is 15.0 Å². The Labute approximate surface area is 186 Å². The second-order valence-corrected chi connectivity index (χ2v) is 7.30. The molecule has 1 aliphatic heterocycles. The monoisotopic (exact) mass is 425 g/mol. The van der Waals surface area contributed by atoms with Gasteiger partial charge in [-0.1, -0.05) is 48.5 Å². The third kappa shape index (κ3) is 5.37. The lowest BCUT2D eigenvalue weighted by atomic mass is 10.1. The number of allylic oxidation sites excluding steroid dienone is 1. The Bertz CT molecular complexity index is 1180. The molecule has 0 bridgehead atoms. The lowest BCUT2D eigenvalue weighted by Crippen LogP contribution is -2.36. The van der Waals surface area contributed by atoms with Crippen molar-refractivity contribution < 1.29 is 15.0 Å². The molecule has 0 aliphatic carbocycles. The molecule has 0 radical (unpaired) electrons. The van der Waals surface area contributed by atoms with Crippen LogP contribution in [0.1, 0.15) is 16.7 Å². The summed E-state index contributed by atoms with van der Waals surface area (Å²) < 4.78 is 0. The van der Waals surface area contributed by atoms with Crippen LogP contribution in [-0.2, 0) is 11.2 Å². The average Bonchev–Trinajstić information content (AvgIpc) is 2.81. The molecule has 0 fully saturated rings. The average molecular weight is 425 g/mol. The topological polar surface area (TPSA) is 93.6 Å². The molecule has 5 N–H and O–H groups in total.